The van der Waals surface area contributed by atoms with Crippen LogP contribution in [0, 0.1) is 0 Å². The molecule has 2 aromatic rings. The zero-order valence-electron chi connectivity index (χ0n) is 20.9. The number of likely N-dealkylation sites (N-methyl/N-ethyl adjacent to an activating group) is 1. The normalized spacial score (nSPS) is 21.0. The third-order valence-electron chi connectivity index (χ3n) is 7.90. The molecule has 0 atom stereocenters. The SMILES string of the molecule is COc1ccc(CCN2C(=O)N(C)C(=O)C23CCN(Cc2cc(CN4CCCC4)cs2)CC3)cc1. The van der Waals surface area contributed by atoms with Crippen LogP contribution >= 0.6 is 11.3 Å². The highest BCUT2D eigenvalue weighted by molar-refractivity contribution is 7.10. The lowest BCUT2D eigenvalue weighted by atomic mass is 9.85. The molecule has 0 aliphatic carbocycles. The summed E-state index contributed by atoms with van der Waals surface area (Å²) < 4.78 is 5.24. The Morgan fingerprint density at radius 1 is 0.943 bits per heavy atom. The van der Waals surface area contributed by atoms with Gasteiger partial charge in [-0.2, -0.15) is 0 Å². The minimum absolute atomic E-state index is 0.0408. The van der Waals surface area contributed by atoms with Gasteiger partial charge in [-0.15, -0.1) is 11.3 Å². The topological polar surface area (TPSA) is 56.3 Å². The lowest BCUT2D eigenvalue weighted by Crippen LogP contribution is -2.56. The number of amides is 3. The first kappa shape index (κ1) is 24.3. The Hall–Kier alpha value is -2.42. The minimum atomic E-state index is -0.703. The van der Waals surface area contributed by atoms with Crippen molar-refractivity contribution in [3.8, 4) is 5.75 Å². The maximum atomic E-state index is 13.3. The molecule has 8 heteroatoms. The number of hydrogen-bond donors (Lipinski definition) is 0. The predicted molar refractivity (Wildman–Crippen MR) is 138 cm³/mol. The highest BCUT2D eigenvalue weighted by Gasteiger charge is 2.56. The highest BCUT2D eigenvalue weighted by atomic mass is 32.1. The van der Waals surface area contributed by atoms with Crippen molar-refractivity contribution in [2.45, 2.75) is 50.7 Å². The monoisotopic (exact) mass is 496 g/mol. The van der Waals surface area contributed by atoms with E-state index < -0.39 is 5.54 Å². The first-order chi connectivity index (χ1) is 17.0. The van der Waals surface area contributed by atoms with Gasteiger partial charge in [0.2, 0.25) is 0 Å². The summed E-state index contributed by atoms with van der Waals surface area (Å²) in [6, 6.07) is 10.1. The predicted octanol–water partition coefficient (Wildman–Crippen LogP) is 3.82. The number of urea groups is 1. The largest absolute Gasteiger partial charge is 0.497 e. The number of carbonyl (C=O) groups is 2. The number of thiophene rings is 1. The lowest BCUT2D eigenvalue weighted by molar-refractivity contribution is -0.134. The second-order valence-electron chi connectivity index (χ2n) is 10.1. The van der Waals surface area contributed by atoms with Crippen molar-refractivity contribution in [1.29, 1.82) is 0 Å². The van der Waals surface area contributed by atoms with E-state index in [2.05, 4.69) is 21.2 Å². The van der Waals surface area contributed by atoms with Crippen LogP contribution in [0.25, 0.3) is 0 Å². The van der Waals surface area contributed by atoms with Crippen LogP contribution in [-0.2, 0) is 24.3 Å². The molecule has 4 heterocycles. The molecule has 3 saturated heterocycles. The van der Waals surface area contributed by atoms with E-state index in [0.29, 0.717) is 19.4 Å². The Labute approximate surface area is 212 Å². The van der Waals surface area contributed by atoms with Crippen LogP contribution < -0.4 is 4.74 Å². The van der Waals surface area contributed by atoms with E-state index in [0.717, 1.165) is 43.9 Å². The van der Waals surface area contributed by atoms with Gasteiger partial charge in [0.05, 0.1) is 7.11 Å². The fourth-order valence-corrected chi connectivity index (χ4v) is 6.72. The Bertz CT molecular complexity index is 1040. The zero-order chi connectivity index (χ0) is 24.4. The van der Waals surface area contributed by atoms with Gasteiger partial charge in [-0.1, -0.05) is 12.1 Å². The highest BCUT2D eigenvalue weighted by Crippen LogP contribution is 2.37. The number of nitrogens with zero attached hydrogens (tertiary/aromatic N) is 4. The molecule has 3 fully saturated rings. The molecule has 0 bridgehead atoms. The summed E-state index contributed by atoms with van der Waals surface area (Å²) in [5.74, 6) is 0.777. The molecule has 1 aromatic heterocycles. The van der Waals surface area contributed by atoms with Gasteiger partial charge in [-0.25, -0.2) is 4.79 Å². The van der Waals surface area contributed by atoms with Crippen molar-refractivity contribution in [2.24, 2.45) is 0 Å². The molecule has 1 aromatic carbocycles. The van der Waals surface area contributed by atoms with Crippen LogP contribution in [0.5, 0.6) is 5.75 Å². The van der Waals surface area contributed by atoms with E-state index in [9.17, 15) is 9.59 Å². The van der Waals surface area contributed by atoms with Gasteiger partial charge >= 0.3 is 6.03 Å². The zero-order valence-corrected chi connectivity index (χ0v) is 21.7. The molecule has 7 nitrogen and oxygen atoms in total. The quantitative estimate of drug-likeness (QED) is 0.520. The molecule has 0 N–H and O–H groups in total. The fourth-order valence-electron chi connectivity index (χ4n) is 5.80. The first-order valence-corrected chi connectivity index (χ1v) is 13.6. The number of rotatable bonds is 8. The van der Waals surface area contributed by atoms with Crippen LogP contribution in [0.3, 0.4) is 0 Å². The third kappa shape index (κ3) is 4.97. The van der Waals surface area contributed by atoms with E-state index >= 15 is 0 Å². The molecule has 188 valence electrons. The number of methoxy groups -OCH3 is 1. The van der Waals surface area contributed by atoms with E-state index in [4.69, 9.17) is 4.74 Å². The number of benzene rings is 1. The summed E-state index contributed by atoms with van der Waals surface area (Å²) >= 11 is 1.84. The standard InChI is InChI=1S/C27H36N4O3S/c1-28-25(32)27(31(26(28)33)14-9-21-5-7-23(34-2)8-6-21)10-15-30(16-11-27)19-24-17-22(20-35-24)18-29-12-3-4-13-29/h5-8,17,20H,3-4,9-16,18-19H2,1-2H3. The van der Waals surface area contributed by atoms with E-state index in [1.807, 2.05) is 40.5 Å². The van der Waals surface area contributed by atoms with Crippen molar-refractivity contribution in [3.05, 3.63) is 51.7 Å². The van der Waals surface area contributed by atoms with Crippen molar-refractivity contribution >= 4 is 23.3 Å². The fraction of sp³-hybridized carbons (Fsp3) is 0.556. The van der Waals surface area contributed by atoms with Gasteiger partial charge < -0.3 is 9.64 Å². The van der Waals surface area contributed by atoms with Crippen LogP contribution in [0.2, 0.25) is 0 Å². The van der Waals surface area contributed by atoms with E-state index in [-0.39, 0.29) is 11.9 Å². The third-order valence-corrected chi connectivity index (χ3v) is 8.87. The smallest absolute Gasteiger partial charge is 0.327 e. The minimum Gasteiger partial charge on any atom is -0.497 e. The van der Waals surface area contributed by atoms with Gasteiger partial charge in [0.15, 0.2) is 0 Å². The Kier molecular flexibility index (Phi) is 7.14. The Morgan fingerprint density at radius 3 is 2.31 bits per heavy atom. The molecule has 3 aliphatic heterocycles. The molecule has 0 unspecified atom stereocenters. The molecule has 1 spiro atoms. The molecular formula is C27H36N4O3S. The van der Waals surface area contributed by atoms with Crippen molar-refractivity contribution < 1.29 is 14.3 Å². The Balaban J connectivity index is 1.20. The number of piperidine rings is 1. The van der Waals surface area contributed by atoms with Crippen LogP contribution in [-0.4, -0.2) is 84.0 Å². The lowest BCUT2D eigenvalue weighted by Gasteiger charge is -2.42. The number of hydrogen-bond acceptors (Lipinski definition) is 6. The summed E-state index contributed by atoms with van der Waals surface area (Å²) in [7, 11) is 3.28. The first-order valence-electron chi connectivity index (χ1n) is 12.7. The number of ether oxygens (including phenoxy) is 1. The van der Waals surface area contributed by atoms with Gasteiger partial charge in [-0.05, 0) is 79.9 Å². The molecule has 0 radical (unpaired) electrons. The van der Waals surface area contributed by atoms with E-state index in [1.54, 1.807) is 14.2 Å². The summed E-state index contributed by atoms with van der Waals surface area (Å²) in [6.45, 7) is 6.61. The number of likely N-dealkylation sites (tertiary alicyclic amines) is 2. The van der Waals surface area contributed by atoms with Gasteiger partial charge in [0, 0.05) is 44.6 Å². The summed E-state index contributed by atoms with van der Waals surface area (Å²) in [5.41, 5.74) is 1.85. The Morgan fingerprint density at radius 2 is 1.63 bits per heavy atom. The van der Waals surface area contributed by atoms with Crippen LogP contribution in [0.4, 0.5) is 4.79 Å². The summed E-state index contributed by atoms with van der Waals surface area (Å²) in [5, 5.41) is 2.30. The van der Waals surface area contributed by atoms with Crippen LogP contribution in [0.1, 0.15) is 41.7 Å². The van der Waals surface area contributed by atoms with Crippen molar-refractivity contribution in [3.63, 3.8) is 0 Å². The van der Waals surface area contributed by atoms with Gasteiger partial charge in [0.25, 0.3) is 5.91 Å². The molecule has 3 aliphatic rings. The molecule has 5 rings (SSSR count). The molecular weight excluding hydrogens is 460 g/mol. The molecule has 35 heavy (non-hydrogen) atoms. The average molecular weight is 497 g/mol. The second-order valence-corrected chi connectivity index (χ2v) is 11.1. The van der Waals surface area contributed by atoms with Crippen LogP contribution in [0.15, 0.2) is 35.7 Å². The summed E-state index contributed by atoms with van der Waals surface area (Å²) in [4.78, 5) is 35.8. The molecule has 0 saturated carbocycles. The van der Waals surface area contributed by atoms with Gasteiger partial charge in [-0.3, -0.25) is 19.5 Å². The molecule has 3 amide bonds. The average Bonchev–Trinajstić information content (AvgIpc) is 3.59. The van der Waals surface area contributed by atoms with Gasteiger partial charge in [0.1, 0.15) is 11.3 Å². The second kappa shape index (κ2) is 10.3. The maximum absolute atomic E-state index is 13.3. The van der Waals surface area contributed by atoms with Crippen molar-refractivity contribution in [1.82, 2.24) is 19.6 Å². The maximum Gasteiger partial charge on any atom is 0.327 e. The van der Waals surface area contributed by atoms with E-state index in [1.165, 1.54) is 41.3 Å². The number of carbonyl (C=O) groups excluding carboxylic acids is 2. The summed E-state index contributed by atoms with van der Waals surface area (Å²) in [6.07, 6.45) is 4.74. The van der Waals surface area contributed by atoms with Crippen molar-refractivity contribution in [2.75, 3.05) is 46.9 Å². The number of imide groups is 1.